The highest BCUT2D eigenvalue weighted by molar-refractivity contribution is 5.26. The predicted octanol–water partition coefficient (Wildman–Crippen LogP) is 1.78. The monoisotopic (exact) mass is 244 g/mol. The van der Waals surface area contributed by atoms with E-state index in [1.807, 2.05) is 24.9 Å². The van der Waals surface area contributed by atoms with Gasteiger partial charge in [0.05, 0.1) is 11.7 Å². The summed E-state index contributed by atoms with van der Waals surface area (Å²) in [7, 11) is 1.93. The Hall–Kier alpha value is -1.65. The third-order valence-electron chi connectivity index (χ3n) is 3.19. The van der Waals surface area contributed by atoms with Crippen LogP contribution in [0.4, 0.5) is 0 Å². The number of aryl methyl sites for hydroxylation is 3. The van der Waals surface area contributed by atoms with Crippen molar-refractivity contribution in [3.8, 4) is 0 Å². The van der Waals surface area contributed by atoms with Gasteiger partial charge in [-0.2, -0.15) is 5.10 Å². The lowest BCUT2D eigenvalue weighted by atomic mass is 9.99. The van der Waals surface area contributed by atoms with Gasteiger partial charge >= 0.3 is 0 Å². The summed E-state index contributed by atoms with van der Waals surface area (Å²) in [5, 5.41) is 4.36. The molecule has 4 nitrogen and oxygen atoms in total. The van der Waals surface area contributed by atoms with Crippen LogP contribution in [0.5, 0.6) is 0 Å². The standard InChI is InChI=1S/C14H20N4/c1-10-4-6-12(7-5-10)8-14(16-15)13-9-18(3)17-11(13)2/h4-7,9,14,16H,8,15H2,1-3H3. The van der Waals surface area contributed by atoms with E-state index in [-0.39, 0.29) is 6.04 Å². The first kappa shape index (κ1) is 12.8. The van der Waals surface area contributed by atoms with Crippen molar-refractivity contribution in [2.24, 2.45) is 12.9 Å². The maximum absolute atomic E-state index is 5.67. The van der Waals surface area contributed by atoms with E-state index in [0.717, 1.165) is 17.7 Å². The molecule has 1 heterocycles. The highest BCUT2D eigenvalue weighted by Crippen LogP contribution is 2.20. The van der Waals surface area contributed by atoms with Crippen molar-refractivity contribution in [2.75, 3.05) is 0 Å². The maximum atomic E-state index is 5.67. The van der Waals surface area contributed by atoms with Gasteiger partial charge in [-0.1, -0.05) is 29.8 Å². The summed E-state index contributed by atoms with van der Waals surface area (Å²) in [5.41, 5.74) is 7.60. The van der Waals surface area contributed by atoms with Crippen LogP contribution in [-0.4, -0.2) is 9.78 Å². The smallest absolute Gasteiger partial charge is 0.0642 e. The summed E-state index contributed by atoms with van der Waals surface area (Å²) in [5.74, 6) is 5.67. The van der Waals surface area contributed by atoms with Gasteiger partial charge in [-0.05, 0) is 25.8 Å². The molecule has 2 aromatic rings. The molecule has 4 heteroatoms. The number of hydrogen-bond acceptors (Lipinski definition) is 3. The van der Waals surface area contributed by atoms with E-state index in [9.17, 15) is 0 Å². The first-order valence-electron chi connectivity index (χ1n) is 6.12. The topological polar surface area (TPSA) is 55.9 Å². The number of nitrogens with one attached hydrogen (secondary N) is 1. The van der Waals surface area contributed by atoms with Gasteiger partial charge in [0.1, 0.15) is 0 Å². The van der Waals surface area contributed by atoms with Crippen molar-refractivity contribution < 1.29 is 0 Å². The van der Waals surface area contributed by atoms with E-state index < -0.39 is 0 Å². The average Bonchev–Trinajstić information content (AvgIpc) is 2.68. The van der Waals surface area contributed by atoms with Crippen molar-refractivity contribution in [1.82, 2.24) is 15.2 Å². The highest BCUT2D eigenvalue weighted by Gasteiger charge is 2.15. The fraction of sp³-hybridized carbons (Fsp3) is 0.357. The van der Waals surface area contributed by atoms with Gasteiger partial charge in [0.2, 0.25) is 0 Å². The van der Waals surface area contributed by atoms with Crippen LogP contribution in [0.15, 0.2) is 30.5 Å². The van der Waals surface area contributed by atoms with Gasteiger partial charge in [0, 0.05) is 18.8 Å². The third-order valence-corrected chi connectivity index (χ3v) is 3.19. The van der Waals surface area contributed by atoms with Crippen LogP contribution in [0.3, 0.4) is 0 Å². The van der Waals surface area contributed by atoms with Crippen LogP contribution < -0.4 is 11.3 Å². The Morgan fingerprint density at radius 2 is 1.94 bits per heavy atom. The van der Waals surface area contributed by atoms with Crippen LogP contribution in [0.25, 0.3) is 0 Å². The number of hydrazine groups is 1. The number of aromatic nitrogens is 2. The average molecular weight is 244 g/mol. The molecule has 18 heavy (non-hydrogen) atoms. The largest absolute Gasteiger partial charge is 0.275 e. The molecule has 1 aromatic carbocycles. The Morgan fingerprint density at radius 3 is 2.44 bits per heavy atom. The summed E-state index contributed by atoms with van der Waals surface area (Å²) >= 11 is 0. The van der Waals surface area contributed by atoms with Crippen molar-refractivity contribution >= 4 is 0 Å². The lowest BCUT2D eigenvalue weighted by molar-refractivity contribution is 0.549. The first-order valence-corrected chi connectivity index (χ1v) is 6.12. The Kier molecular flexibility index (Phi) is 3.79. The fourth-order valence-corrected chi connectivity index (χ4v) is 2.18. The van der Waals surface area contributed by atoms with Gasteiger partial charge in [-0.15, -0.1) is 0 Å². The number of benzene rings is 1. The second kappa shape index (κ2) is 5.33. The molecule has 1 unspecified atom stereocenters. The van der Waals surface area contributed by atoms with Crippen LogP contribution in [0.2, 0.25) is 0 Å². The molecule has 2 rings (SSSR count). The van der Waals surface area contributed by atoms with Gasteiger partial charge in [-0.25, -0.2) is 0 Å². The number of rotatable bonds is 4. The Morgan fingerprint density at radius 1 is 1.28 bits per heavy atom. The summed E-state index contributed by atoms with van der Waals surface area (Å²) in [6.45, 7) is 4.10. The second-order valence-corrected chi connectivity index (χ2v) is 4.75. The minimum Gasteiger partial charge on any atom is -0.275 e. The second-order valence-electron chi connectivity index (χ2n) is 4.75. The molecule has 0 fully saturated rings. The zero-order valence-electron chi connectivity index (χ0n) is 11.1. The normalized spacial score (nSPS) is 12.7. The quantitative estimate of drug-likeness (QED) is 0.637. The molecule has 0 amide bonds. The number of nitrogens with zero attached hydrogens (tertiary/aromatic N) is 2. The highest BCUT2D eigenvalue weighted by atomic mass is 15.3. The van der Waals surface area contributed by atoms with Crippen molar-refractivity contribution in [3.05, 3.63) is 52.8 Å². The lowest BCUT2D eigenvalue weighted by Crippen LogP contribution is -2.29. The van der Waals surface area contributed by atoms with E-state index in [4.69, 9.17) is 5.84 Å². The van der Waals surface area contributed by atoms with E-state index in [1.165, 1.54) is 11.1 Å². The lowest BCUT2D eigenvalue weighted by Gasteiger charge is -2.15. The molecule has 0 radical (unpaired) electrons. The predicted molar refractivity (Wildman–Crippen MR) is 72.9 cm³/mol. The van der Waals surface area contributed by atoms with E-state index in [2.05, 4.69) is 41.7 Å². The van der Waals surface area contributed by atoms with Gasteiger partial charge in [-0.3, -0.25) is 16.0 Å². The fourth-order valence-electron chi connectivity index (χ4n) is 2.18. The molecule has 3 N–H and O–H groups in total. The summed E-state index contributed by atoms with van der Waals surface area (Å²) in [6, 6.07) is 8.64. The molecule has 1 aromatic heterocycles. The molecule has 0 aliphatic carbocycles. The van der Waals surface area contributed by atoms with Gasteiger partial charge in [0.25, 0.3) is 0 Å². The molecule has 0 aliphatic rings. The summed E-state index contributed by atoms with van der Waals surface area (Å²) < 4.78 is 1.82. The minimum atomic E-state index is 0.0985. The van der Waals surface area contributed by atoms with E-state index in [1.54, 1.807) is 0 Å². The van der Waals surface area contributed by atoms with Crippen LogP contribution in [0.1, 0.15) is 28.4 Å². The maximum Gasteiger partial charge on any atom is 0.0642 e. The molecule has 0 bridgehead atoms. The van der Waals surface area contributed by atoms with Crippen LogP contribution >= 0.6 is 0 Å². The molecule has 0 saturated carbocycles. The van der Waals surface area contributed by atoms with Gasteiger partial charge in [0.15, 0.2) is 0 Å². The number of hydrogen-bond donors (Lipinski definition) is 2. The van der Waals surface area contributed by atoms with Crippen molar-refractivity contribution in [3.63, 3.8) is 0 Å². The molecular weight excluding hydrogens is 224 g/mol. The Bertz CT molecular complexity index is 513. The van der Waals surface area contributed by atoms with Crippen molar-refractivity contribution in [1.29, 1.82) is 0 Å². The Balaban J connectivity index is 2.19. The summed E-state index contributed by atoms with van der Waals surface area (Å²) in [6.07, 6.45) is 2.89. The summed E-state index contributed by atoms with van der Waals surface area (Å²) in [4.78, 5) is 0. The van der Waals surface area contributed by atoms with E-state index >= 15 is 0 Å². The SMILES string of the molecule is Cc1ccc(CC(NN)c2cn(C)nc2C)cc1. The zero-order valence-corrected chi connectivity index (χ0v) is 11.1. The Labute approximate surface area is 108 Å². The molecule has 0 saturated heterocycles. The molecule has 0 spiro atoms. The van der Waals surface area contributed by atoms with Gasteiger partial charge < -0.3 is 0 Å². The molecular formula is C14H20N4. The first-order chi connectivity index (χ1) is 8.60. The third kappa shape index (κ3) is 2.78. The molecule has 1 atom stereocenters. The molecule has 96 valence electrons. The zero-order chi connectivity index (χ0) is 13.1. The minimum absolute atomic E-state index is 0.0985. The van der Waals surface area contributed by atoms with Crippen molar-refractivity contribution in [2.45, 2.75) is 26.3 Å². The van der Waals surface area contributed by atoms with Crippen LogP contribution in [0, 0.1) is 13.8 Å². The van der Waals surface area contributed by atoms with Crippen LogP contribution in [-0.2, 0) is 13.5 Å². The van der Waals surface area contributed by atoms with E-state index in [0.29, 0.717) is 0 Å². The molecule has 0 aliphatic heterocycles. The number of nitrogens with two attached hydrogens (primary N) is 1.